The lowest BCUT2D eigenvalue weighted by molar-refractivity contribution is -0.0749. The number of hydrogen-bond donors (Lipinski definition) is 0. The van der Waals surface area contributed by atoms with E-state index in [9.17, 15) is 8.78 Å². The summed E-state index contributed by atoms with van der Waals surface area (Å²) >= 11 is 0. The molecule has 218 valence electrons. The second-order valence-electron chi connectivity index (χ2n) is 13.3. The van der Waals surface area contributed by atoms with Crippen LogP contribution in [0.4, 0.5) is 8.78 Å². The first-order chi connectivity index (χ1) is 19.1. The fourth-order valence-corrected chi connectivity index (χ4v) is 8.69. The Bertz CT molecular complexity index is 913. The van der Waals surface area contributed by atoms with Gasteiger partial charge in [-0.05, 0) is 156 Å². The van der Waals surface area contributed by atoms with Gasteiger partial charge in [0, 0.05) is 0 Å². The van der Waals surface area contributed by atoms with E-state index in [1.165, 1.54) is 64.2 Å². The summed E-state index contributed by atoms with van der Waals surface area (Å²) in [6.45, 7) is 5.43. The molecular formula is C35H52F2O2. The Morgan fingerprint density at radius 2 is 1.33 bits per heavy atom. The Balaban J connectivity index is 1.03. The minimum atomic E-state index is -0.819. The van der Waals surface area contributed by atoms with Crippen molar-refractivity contribution in [2.75, 3.05) is 13.2 Å². The van der Waals surface area contributed by atoms with E-state index in [0.29, 0.717) is 30.1 Å². The molecule has 39 heavy (non-hydrogen) atoms. The maximum Gasteiger partial charge on any atom is 0.200 e. The van der Waals surface area contributed by atoms with Crippen molar-refractivity contribution >= 4 is 0 Å². The number of halogens is 2. The summed E-state index contributed by atoms with van der Waals surface area (Å²) in [7, 11) is 0. The molecule has 1 heterocycles. The zero-order chi connectivity index (χ0) is 27.2. The molecule has 1 aliphatic heterocycles. The van der Waals surface area contributed by atoms with Crippen LogP contribution in [0, 0.1) is 47.1 Å². The second kappa shape index (κ2) is 14.0. The SMILES string of the molecule is CC=CC1CCC(C2CCC(C3CCC(C4CCC(c5ccc(OCCC)c(F)c5F)CC4)CO3)CC2)CC1. The molecule has 2 nitrogen and oxygen atoms in total. The van der Waals surface area contributed by atoms with E-state index < -0.39 is 11.6 Å². The summed E-state index contributed by atoms with van der Waals surface area (Å²) < 4.78 is 41.3. The van der Waals surface area contributed by atoms with Crippen LogP contribution < -0.4 is 4.74 Å². The highest BCUT2D eigenvalue weighted by Gasteiger charge is 2.37. The summed E-state index contributed by atoms with van der Waals surface area (Å²) in [4.78, 5) is 0. The van der Waals surface area contributed by atoms with Gasteiger partial charge in [-0.25, -0.2) is 4.39 Å². The summed E-state index contributed by atoms with van der Waals surface area (Å²) in [5.74, 6) is 3.46. The molecular weight excluding hydrogens is 490 g/mol. The van der Waals surface area contributed by atoms with Crippen LogP contribution in [0.1, 0.15) is 122 Å². The molecule has 0 amide bonds. The third-order valence-electron chi connectivity index (χ3n) is 11.1. The molecule has 1 saturated heterocycles. The van der Waals surface area contributed by atoms with Crippen LogP contribution in [0.5, 0.6) is 5.75 Å². The normalized spacial score (nSPS) is 36.2. The van der Waals surface area contributed by atoms with Crippen molar-refractivity contribution in [3.05, 3.63) is 41.5 Å². The monoisotopic (exact) mass is 542 g/mol. The smallest absolute Gasteiger partial charge is 0.200 e. The van der Waals surface area contributed by atoms with Crippen LogP contribution in [0.15, 0.2) is 24.3 Å². The van der Waals surface area contributed by atoms with Gasteiger partial charge in [-0.3, -0.25) is 0 Å². The van der Waals surface area contributed by atoms with Gasteiger partial charge in [0.25, 0.3) is 0 Å². The van der Waals surface area contributed by atoms with E-state index in [1.807, 2.05) is 6.92 Å². The van der Waals surface area contributed by atoms with Crippen LogP contribution in [-0.2, 0) is 4.74 Å². The van der Waals surface area contributed by atoms with Gasteiger partial charge in [0.2, 0.25) is 5.82 Å². The molecule has 0 N–H and O–H groups in total. The molecule has 4 fully saturated rings. The highest BCUT2D eigenvalue weighted by molar-refractivity contribution is 5.33. The lowest BCUT2D eigenvalue weighted by atomic mass is 9.67. The standard InChI is InChI=1S/C35H52F2O2/c1-3-5-24-6-8-25(9-7-24)26-12-16-29(17-13-26)32-20-18-30(23-39-32)27-10-14-28(15-11-27)31-19-21-33(38-22-4-2)35(37)34(31)36/h3,5,19,21,24-30,32H,4,6-18,20,22-23H2,1-2H3. The molecule has 4 heteroatoms. The maximum absolute atomic E-state index is 14.8. The predicted molar refractivity (Wildman–Crippen MR) is 155 cm³/mol. The highest BCUT2D eigenvalue weighted by Crippen LogP contribution is 2.46. The zero-order valence-corrected chi connectivity index (χ0v) is 24.5. The zero-order valence-electron chi connectivity index (χ0n) is 24.5. The van der Waals surface area contributed by atoms with Crippen molar-refractivity contribution in [3.63, 3.8) is 0 Å². The topological polar surface area (TPSA) is 18.5 Å². The van der Waals surface area contributed by atoms with Crippen LogP contribution in [-0.4, -0.2) is 19.3 Å². The predicted octanol–water partition coefficient (Wildman–Crippen LogP) is 10.0. The average Bonchev–Trinajstić information content (AvgIpc) is 2.99. The van der Waals surface area contributed by atoms with Gasteiger partial charge in [-0.15, -0.1) is 0 Å². The Hall–Kier alpha value is -1.42. The molecule has 3 saturated carbocycles. The summed E-state index contributed by atoms with van der Waals surface area (Å²) in [6, 6.07) is 3.37. The number of allylic oxidation sites excluding steroid dienone is 2. The van der Waals surface area contributed by atoms with Crippen LogP contribution >= 0.6 is 0 Å². The molecule has 0 spiro atoms. The van der Waals surface area contributed by atoms with Crippen LogP contribution in [0.25, 0.3) is 0 Å². The quantitative estimate of drug-likeness (QED) is 0.304. The van der Waals surface area contributed by atoms with Gasteiger partial charge >= 0.3 is 0 Å². The van der Waals surface area contributed by atoms with Crippen molar-refractivity contribution in [1.29, 1.82) is 0 Å². The van der Waals surface area contributed by atoms with E-state index >= 15 is 0 Å². The van der Waals surface area contributed by atoms with E-state index in [4.69, 9.17) is 9.47 Å². The van der Waals surface area contributed by atoms with Gasteiger partial charge in [-0.2, -0.15) is 4.39 Å². The minimum Gasteiger partial charge on any atom is -0.490 e. The van der Waals surface area contributed by atoms with Crippen molar-refractivity contribution in [3.8, 4) is 5.75 Å². The Kier molecular flexibility index (Phi) is 10.4. The third-order valence-corrected chi connectivity index (χ3v) is 11.1. The Labute approximate surface area is 236 Å². The molecule has 3 aliphatic carbocycles. The molecule has 5 rings (SSSR count). The fourth-order valence-electron chi connectivity index (χ4n) is 8.69. The van der Waals surface area contributed by atoms with Gasteiger partial charge in [0.15, 0.2) is 11.6 Å². The number of rotatable bonds is 8. The summed E-state index contributed by atoms with van der Waals surface area (Å²) in [5.41, 5.74) is 0.538. The van der Waals surface area contributed by atoms with E-state index in [2.05, 4.69) is 19.1 Å². The lowest BCUT2D eigenvalue weighted by Crippen LogP contribution is -2.37. The van der Waals surface area contributed by atoms with Crippen molar-refractivity contribution in [2.24, 2.45) is 35.5 Å². The van der Waals surface area contributed by atoms with E-state index in [1.54, 1.807) is 12.1 Å². The second-order valence-corrected chi connectivity index (χ2v) is 13.3. The third kappa shape index (κ3) is 7.08. The van der Waals surface area contributed by atoms with E-state index in [0.717, 1.165) is 62.4 Å². The maximum atomic E-state index is 14.8. The van der Waals surface area contributed by atoms with Crippen LogP contribution in [0.3, 0.4) is 0 Å². The Morgan fingerprint density at radius 1 is 0.744 bits per heavy atom. The summed E-state index contributed by atoms with van der Waals surface area (Å²) in [6.07, 6.45) is 23.7. The number of hydrogen-bond acceptors (Lipinski definition) is 2. The molecule has 0 radical (unpaired) electrons. The van der Waals surface area contributed by atoms with E-state index in [-0.39, 0.29) is 11.7 Å². The Morgan fingerprint density at radius 3 is 1.95 bits per heavy atom. The van der Waals surface area contributed by atoms with Gasteiger partial charge in [-0.1, -0.05) is 25.1 Å². The van der Waals surface area contributed by atoms with Gasteiger partial charge in [0.05, 0.1) is 19.3 Å². The molecule has 2 atom stereocenters. The first-order valence-electron chi connectivity index (χ1n) is 16.4. The first kappa shape index (κ1) is 29.1. The van der Waals surface area contributed by atoms with Crippen molar-refractivity contribution < 1.29 is 18.3 Å². The molecule has 4 aliphatic rings. The van der Waals surface area contributed by atoms with Crippen molar-refractivity contribution in [1.82, 2.24) is 0 Å². The van der Waals surface area contributed by atoms with Crippen LogP contribution in [0.2, 0.25) is 0 Å². The molecule has 0 aromatic heterocycles. The fraction of sp³-hybridized carbons (Fsp3) is 0.771. The first-order valence-corrected chi connectivity index (χ1v) is 16.4. The highest BCUT2D eigenvalue weighted by atomic mass is 19.2. The lowest BCUT2D eigenvalue weighted by Gasteiger charge is -2.43. The molecule has 1 aromatic rings. The van der Waals surface area contributed by atoms with Crippen molar-refractivity contribution in [2.45, 2.75) is 122 Å². The van der Waals surface area contributed by atoms with Gasteiger partial charge in [0.1, 0.15) is 0 Å². The molecule has 2 unspecified atom stereocenters. The molecule has 0 bridgehead atoms. The van der Waals surface area contributed by atoms with Gasteiger partial charge < -0.3 is 9.47 Å². The number of ether oxygens (including phenoxy) is 2. The largest absolute Gasteiger partial charge is 0.490 e. The number of benzene rings is 1. The average molecular weight is 543 g/mol. The molecule has 1 aromatic carbocycles. The summed E-state index contributed by atoms with van der Waals surface area (Å²) in [5, 5.41) is 0. The minimum absolute atomic E-state index is 0.0429.